The Morgan fingerprint density at radius 3 is 2.36 bits per heavy atom. The number of rotatable bonds is 7. The van der Waals surface area contributed by atoms with E-state index >= 15 is 0 Å². The molecule has 0 aromatic heterocycles. The van der Waals surface area contributed by atoms with E-state index in [0.29, 0.717) is 18.3 Å². The van der Waals surface area contributed by atoms with E-state index in [-0.39, 0.29) is 6.61 Å². The average Bonchev–Trinajstić information content (AvgIpc) is 3.07. The van der Waals surface area contributed by atoms with Crippen LogP contribution in [0.5, 0.6) is 0 Å². The summed E-state index contributed by atoms with van der Waals surface area (Å²) < 4.78 is 37.3. The largest absolute Gasteiger partial charge is 0.427 e. The summed E-state index contributed by atoms with van der Waals surface area (Å²) in [6.07, 6.45) is 2.35. The van der Waals surface area contributed by atoms with Crippen LogP contribution in [0.25, 0.3) is 0 Å². The molecule has 2 aliphatic rings. The highest BCUT2D eigenvalue weighted by Gasteiger charge is 2.46. The van der Waals surface area contributed by atoms with Gasteiger partial charge in [0.1, 0.15) is 0 Å². The number of hydrogen-bond donors (Lipinski definition) is 0. The zero-order chi connectivity index (χ0) is 16.5. The van der Waals surface area contributed by atoms with Crippen molar-refractivity contribution < 1.29 is 23.0 Å². The Hall–Kier alpha value is -0.710. The van der Waals surface area contributed by atoms with Gasteiger partial charge in [0.2, 0.25) is 0 Å². The van der Waals surface area contributed by atoms with Crippen LogP contribution in [0.4, 0.5) is 8.78 Å². The lowest BCUT2D eigenvalue weighted by Crippen LogP contribution is -2.46. The summed E-state index contributed by atoms with van der Waals surface area (Å²) in [5.74, 6) is -1.13. The van der Waals surface area contributed by atoms with E-state index in [4.69, 9.17) is 9.47 Å². The number of carbonyl (C=O) groups excluding carboxylic acids is 1. The summed E-state index contributed by atoms with van der Waals surface area (Å²) in [5, 5.41) is 0. The molecule has 5 heteroatoms. The molecule has 2 bridgehead atoms. The first-order valence-corrected chi connectivity index (χ1v) is 8.33. The van der Waals surface area contributed by atoms with E-state index < -0.39 is 23.6 Å². The summed E-state index contributed by atoms with van der Waals surface area (Å²) in [5.41, 5.74) is -0.786. The second-order valence-electron chi connectivity index (χ2n) is 7.69. The molecule has 4 atom stereocenters. The first kappa shape index (κ1) is 17.6. The molecule has 0 amide bonds. The molecule has 128 valence electrons. The molecule has 0 radical (unpaired) electrons. The van der Waals surface area contributed by atoms with E-state index in [2.05, 4.69) is 0 Å². The third-order valence-corrected chi connectivity index (χ3v) is 5.60. The van der Waals surface area contributed by atoms with Crippen molar-refractivity contribution in [3.05, 3.63) is 0 Å². The first-order valence-electron chi connectivity index (χ1n) is 8.33. The van der Waals surface area contributed by atoms with E-state index in [9.17, 15) is 13.6 Å². The molecule has 0 saturated heterocycles. The van der Waals surface area contributed by atoms with Gasteiger partial charge in [0.05, 0.1) is 12.0 Å². The van der Waals surface area contributed by atoms with Gasteiger partial charge < -0.3 is 9.47 Å². The fourth-order valence-electron chi connectivity index (χ4n) is 3.46. The van der Waals surface area contributed by atoms with Crippen molar-refractivity contribution in [3.63, 3.8) is 0 Å². The number of esters is 1. The van der Waals surface area contributed by atoms with Crippen molar-refractivity contribution in [2.24, 2.45) is 23.2 Å². The Balaban J connectivity index is 1.94. The van der Waals surface area contributed by atoms with Gasteiger partial charge in [-0.15, -0.1) is 0 Å². The van der Waals surface area contributed by atoms with Crippen molar-refractivity contribution in [3.8, 4) is 0 Å². The maximum atomic E-state index is 13.4. The molecule has 2 aliphatic carbocycles. The molecular weight excluding hydrogens is 290 g/mol. The number of halogens is 2. The Morgan fingerprint density at radius 1 is 1.23 bits per heavy atom. The molecule has 0 aromatic rings. The van der Waals surface area contributed by atoms with Gasteiger partial charge in [0.25, 0.3) is 5.79 Å². The minimum absolute atomic E-state index is 0.252. The zero-order valence-corrected chi connectivity index (χ0v) is 14.0. The molecule has 4 unspecified atom stereocenters. The second-order valence-corrected chi connectivity index (χ2v) is 7.69. The molecule has 22 heavy (non-hydrogen) atoms. The third-order valence-electron chi connectivity index (χ3n) is 5.60. The Labute approximate surface area is 131 Å². The summed E-state index contributed by atoms with van der Waals surface area (Å²) in [6.45, 7) is 6.64. The van der Waals surface area contributed by atoms with Crippen LogP contribution >= 0.6 is 0 Å². The van der Waals surface area contributed by atoms with E-state index in [0.717, 1.165) is 12.3 Å². The second kappa shape index (κ2) is 6.42. The predicted octanol–water partition coefficient (Wildman–Crippen LogP) is 4.40. The van der Waals surface area contributed by atoms with Crippen LogP contribution in [0.1, 0.15) is 59.8 Å². The fraction of sp³-hybridized carbons (Fsp3) is 0.941. The number of alkyl halides is 2. The van der Waals surface area contributed by atoms with Crippen molar-refractivity contribution in [1.82, 2.24) is 0 Å². The molecule has 2 fully saturated rings. The third kappa shape index (κ3) is 3.61. The standard InChI is InChI=1S/C17H28F2O3/c1-5-16(2,3)15(20)22-17(4,14(18)19)21-10-13-9-11-6-7-12(13)8-11/h11-14H,5-10H2,1-4H3. The van der Waals surface area contributed by atoms with Crippen LogP contribution in [0.2, 0.25) is 0 Å². The fourth-order valence-corrected chi connectivity index (χ4v) is 3.46. The Kier molecular flexibility index (Phi) is 5.15. The summed E-state index contributed by atoms with van der Waals surface area (Å²) in [7, 11) is 0. The van der Waals surface area contributed by atoms with Crippen molar-refractivity contribution in [2.75, 3.05) is 6.61 Å². The topological polar surface area (TPSA) is 35.5 Å². The zero-order valence-electron chi connectivity index (χ0n) is 14.0. The highest BCUT2D eigenvalue weighted by atomic mass is 19.3. The number of ether oxygens (including phenoxy) is 2. The normalized spacial score (nSPS) is 30.6. The van der Waals surface area contributed by atoms with Gasteiger partial charge in [-0.25, -0.2) is 8.78 Å². The molecule has 0 aromatic carbocycles. The average molecular weight is 318 g/mol. The molecule has 0 N–H and O–H groups in total. The van der Waals surface area contributed by atoms with Crippen molar-refractivity contribution in [1.29, 1.82) is 0 Å². The van der Waals surface area contributed by atoms with E-state index in [1.807, 2.05) is 6.92 Å². The smallest absolute Gasteiger partial charge is 0.314 e. The quantitative estimate of drug-likeness (QED) is 0.515. The van der Waals surface area contributed by atoms with Crippen LogP contribution in [0.15, 0.2) is 0 Å². The minimum Gasteiger partial charge on any atom is -0.427 e. The van der Waals surface area contributed by atoms with E-state index in [1.54, 1.807) is 13.8 Å². The molecular formula is C17H28F2O3. The van der Waals surface area contributed by atoms with Gasteiger partial charge in [-0.2, -0.15) is 0 Å². The molecule has 2 saturated carbocycles. The molecule has 2 rings (SSSR count). The van der Waals surface area contributed by atoms with Gasteiger partial charge in [-0.05, 0) is 57.3 Å². The highest BCUT2D eigenvalue weighted by Crippen LogP contribution is 2.48. The Morgan fingerprint density at radius 2 is 1.91 bits per heavy atom. The van der Waals surface area contributed by atoms with E-state index in [1.165, 1.54) is 26.2 Å². The molecule has 0 aliphatic heterocycles. The molecule has 0 spiro atoms. The first-order chi connectivity index (χ1) is 10.2. The SMILES string of the molecule is CCC(C)(C)C(=O)OC(C)(OCC1CC2CCC1C2)C(F)F. The minimum atomic E-state index is -2.86. The number of carbonyl (C=O) groups is 1. The lowest BCUT2D eigenvalue weighted by molar-refractivity contribution is -0.281. The molecule has 3 nitrogen and oxygen atoms in total. The van der Waals surface area contributed by atoms with Crippen molar-refractivity contribution >= 4 is 5.97 Å². The monoisotopic (exact) mass is 318 g/mol. The number of fused-ring (bicyclic) bond motifs is 2. The Bertz CT molecular complexity index is 411. The van der Waals surface area contributed by atoms with Crippen LogP contribution < -0.4 is 0 Å². The predicted molar refractivity (Wildman–Crippen MR) is 79.5 cm³/mol. The molecule has 0 heterocycles. The summed E-state index contributed by atoms with van der Waals surface area (Å²) in [6, 6.07) is 0. The van der Waals surface area contributed by atoms with Gasteiger partial charge in [-0.3, -0.25) is 4.79 Å². The summed E-state index contributed by atoms with van der Waals surface area (Å²) in [4.78, 5) is 12.1. The van der Waals surface area contributed by atoms with Crippen LogP contribution in [-0.2, 0) is 14.3 Å². The van der Waals surface area contributed by atoms with Crippen molar-refractivity contribution in [2.45, 2.75) is 72.0 Å². The van der Waals surface area contributed by atoms with Gasteiger partial charge in [-0.1, -0.05) is 13.3 Å². The van der Waals surface area contributed by atoms with Crippen LogP contribution in [-0.4, -0.2) is 24.8 Å². The lowest BCUT2D eigenvalue weighted by atomic mass is 9.89. The number of hydrogen-bond acceptors (Lipinski definition) is 3. The lowest BCUT2D eigenvalue weighted by Gasteiger charge is -2.34. The van der Waals surface area contributed by atoms with Crippen LogP contribution in [0.3, 0.4) is 0 Å². The van der Waals surface area contributed by atoms with Crippen LogP contribution in [0, 0.1) is 23.2 Å². The van der Waals surface area contributed by atoms with Gasteiger partial charge >= 0.3 is 12.4 Å². The summed E-state index contributed by atoms with van der Waals surface area (Å²) >= 11 is 0. The maximum Gasteiger partial charge on any atom is 0.314 e. The van der Waals surface area contributed by atoms with Gasteiger partial charge in [0.15, 0.2) is 0 Å². The van der Waals surface area contributed by atoms with Gasteiger partial charge in [0, 0.05) is 6.92 Å². The highest BCUT2D eigenvalue weighted by molar-refractivity contribution is 5.76. The maximum absolute atomic E-state index is 13.4.